The molecule has 1 aliphatic carbocycles. The van der Waals surface area contributed by atoms with Crippen LogP contribution in [0.3, 0.4) is 0 Å². The summed E-state index contributed by atoms with van der Waals surface area (Å²) < 4.78 is 0. The molecule has 4 aliphatic rings. The van der Waals surface area contributed by atoms with E-state index in [1.54, 1.807) is 4.90 Å². The molecule has 2 saturated heterocycles. The molecule has 5 rings (SSSR count). The number of nitrogens with one attached hydrogen (secondary N) is 2. The normalized spacial score (nSPS) is 39.5. The van der Waals surface area contributed by atoms with Gasteiger partial charge in [0.25, 0.3) is 0 Å². The molecule has 22 heavy (non-hydrogen) atoms. The summed E-state index contributed by atoms with van der Waals surface area (Å²) in [5, 5.41) is 3.64. The van der Waals surface area contributed by atoms with Gasteiger partial charge in [0.05, 0.1) is 18.5 Å². The van der Waals surface area contributed by atoms with Crippen LogP contribution in [-0.4, -0.2) is 25.4 Å². The number of anilines is 1. The molecule has 1 aromatic carbocycles. The zero-order chi connectivity index (χ0) is 14.9. The molecular formula is C19H21N2O+. The van der Waals surface area contributed by atoms with Crippen LogP contribution in [0.4, 0.5) is 5.69 Å². The van der Waals surface area contributed by atoms with Gasteiger partial charge in [-0.2, -0.15) is 0 Å². The summed E-state index contributed by atoms with van der Waals surface area (Å²) in [4.78, 5) is 13.7. The summed E-state index contributed by atoms with van der Waals surface area (Å²) in [5.74, 6) is 0.333. The van der Waals surface area contributed by atoms with Crippen molar-refractivity contribution in [1.82, 2.24) is 0 Å². The minimum absolute atomic E-state index is 0.0674. The molecule has 4 atom stereocenters. The van der Waals surface area contributed by atoms with Crippen molar-refractivity contribution < 1.29 is 9.69 Å². The average Bonchev–Trinajstić information content (AvgIpc) is 3.11. The van der Waals surface area contributed by atoms with Gasteiger partial charge in [0.2, 0.25) is 0 Å². The first-order chi connectivity index (χ1) is 10.8. The average molecular weight is 293 g/mol. The van der Waals surface area contributed by atoms with Crippen LogP contribution in [0.1, 0.15) is 25.3 Å². The number of fused-ring (bicyclic) bond motifs is 2. The first-order valence-electron chi connectivity index (χ1n) is 8.35. The Bertz CT molecular complexity index is 748. The third-order valence-electron chi connectivity index (χ3n) is 6.55. The Kier molecular flexibility index (Phi) is 2.36. The van der Waals surface area contributed by atoms with E-state index in [4.69, 9.17) is 0 Å². The molecule has 3 aliphatic heterocycles. The van der Waals surface area contributed by atoms with Crippen molar-refractivity contribution in [1.29, 1.82) is 0 Å². The first kappa shape index (κ1) is 12.7. The zero-order valence-corrected chi connectivity index (χ0v) is 12.9. The van der Waals surface area contributed by atoms with Crippen molar-refractivity contribution in [2.24, 2.45) is 5.92 Å². The third-order valence-corrected chi connectivity index (χ3v) is 6.55. The van der Waals surface area contributed by atoms with E-state index < -0.39 is 0 Å². The SMILES string of the molecule is CC=C1C[NH+]2CCC34C(=C(C=O)[C@H]1C[C@H]23)Nc1ccccc14. The molecular weight excluding hydrogens is 272 g/mol. The lowest BCUT2D eigenvalue weighted by Gasteiger charge is -2.45. The Balaban J connectivity index is 1.83. The second kappa shape index (κ2) is 4.11. The van der Waals surface area contributed by atoms with Crippen LogP contribution in [0.5, 0.6) is 0 Å². The van der Waals surface area contributed by atoms with Gasteiger partial charge in [-0.15, -0.1) is 0 Å². The molecule has 1 aromatic rings. The van der Waals surface area contributed by atoms with Gasteiger partial charge in [0, 0.05) is 35.7 Å². The molecule has 3 nitrogen and oxygen atoms in total. The Hall–Kier alpha value is -1.87. The van der Waals surface area contributed by atoms with E-state index in [1.807, 2.05) is 0 Å². The molecule has 112 valence electrons. The fraction of sp³-hybridized carbons (Fsp3) is 0.421. The number of aldehydes is 1. The fourth-order valence-electron chi connectivity index (χ4n) is 5.67. The number of quaternary nitrogens is 1. The topological polar surface area (TPSA) is 33.5 Å². The van der Waals surface area contributed by atoms with Crippen LogP contribution in [0.15, 0.2) is 47.2 Å². The monoisotopic (exact) mass is 293 g/mol. The molecule has 2 fully saturated rings. The summed E-state index contributed by atoms with van der Waals surface area (Å²) in [6.07, 6.45) is 5.66. The molecule has 1 spiro atoms. The molecule has 0 saturated carbocycles. The lowest BCUT2D eigenvalue weighted by Crippen LogP contribution is -3.16. The van der Waals surface area contributed by atoms with E-state index in [1.165, 1.54) is 29.1 Å². The van der Waals surface area contributed by atoms with Crippen LogP contribution < -0.4 is 10.2 Å². The molecule has 3 heterocycles. The maximum Gasteiger partial charge on any atom is 0.148 e. The van der Waals surface area contributed by atoms with Gasteiger partial charge in [0.15, 0.2) is 0 Å². The molecule has 3 heteroatoms. The van der Waals surface area contributed by atoms with Gasteiger partial charge >= 0.3 is 0 Å². The minimum Gasteiger partial charge on any atom is -0.357 e. The number of hydrogen-bond acceptors (Lipinski definition) is 2. The van der Waals surface area contributed by atoms with Crippen molar-refractivity contribution in [3.63, 3.8) is 0 Å². The molecule has 0 radical (unpaired) electrons. The van der Waals surface area contributed by atoms with E-state index in [0.717, 1.165) is 31.2 Å². The van der Waals surface area contributed by atoms with E-state index in [2.05, 4.69) is 42.6 Å². The van der Waals surface area contributed by atoms with Crippen molar-refractivity contribution >= 4 is 12.0 Å². The maximum absolute atomic E-state index is 12.0. The van der Waals surface area contributed by atoms with Gasteiger partial charge < -0.3 is 10.2 Å². The Morgan fingerprint density at radius 3 is 3.05 bits per heavy atom. The number of rotatable bonds is 1. The maximum atomic E-state index is 12.0. The third kappa shape index (κ3) is 1.25. The lowest BCUT2D eigenvalue weighted by atomic mass is 9.62. The lowest BCUT2D eigenvalue weighted by molar-refractivity contribution is -0.914. The Labute approximate surface area is 130 Å². The minimum atomic E-state index is 0.0674. The smallest absolute Gasteiger partial charge is 0.148 e. The quantitative estimate of drug-likeness (QED) is 0.607. The number of para-hydroxylation sites is 1. The van der Waals surface area contributed by atoms with Gasteiger partial charge in [-0.05, 0) is 24.1 Å². The van der Waals surface area contributed by atoms with Crippen molar-refractivity contribution in [2.75, 3.05) is 18.4 Å². The van der Waals surface area contributed by atoms with E-state index in [-0.39, 0.29) is 5.41 Å². The van der Waals surface area contributed by atoms with Crippen molar-refractivity contribution in [2.45, 2.75) is 31.2 Å². The highest BCUT2D eigenvalue weighted by Crippen LogP contribution is 2.56. The van der Waals surface area contributed by atoms with Crippen LogP contribution in [0.25, 0.3) is 0 Å². The highest BCUT2D eigenvalue weighted by molar-refractivity contribution is 5.84. The summed E-state index contributed by atoms with van der Waals surface area (Å²) in [6, 6.07) is 9.28. The van der Waals surface area contributed by atoms with Crippen LogP contribution in [0, 0.1) is 5.92 Å². The second-order valence-electron chi connectivity index (χ2n) is 7.13. The standard InChI is InChI=1S/C19H20N2O/c1-2-12-10-21-8-7-19-15-5-3-4-6-16(15)20-18(19)14(11-22)13(12)9-17(19)21/h2-6,11,13,17,20H,7-10H2,1H3/p+1/t13-,17-,19?/m0/s1. The number of allylic oxidation sites excluding steroid dienone is 2. The summed E-state index contributed by atoms with van der Waals surface area (Å²) in [6.45, 7) is 4.44. The van der Waals surface area contributed by atoms with Crippen LogP contribution in [-0.2, 0) is 10.2 Å². The number of carbonyl (C=O) groups excluding carboxylic acids is 1. The first-order valence-corrected chi connectivity index (χ1v) is 8.35. The second-order valence-corrected chi connectivity index (χ2v) is 7.13. The predicted molar refractivity (Wildman–Crippen MR) is 85.8 cm³/mol. The molecule has 0 aromatic heterocycles. The summed E-state index contributed by atoms with van der Waals surface area (Å²) >= 11 is 0. The van der Waals surface area contributed by atoms with Crippen molar-refractivity contribution in [3.8, 4) is 0 Å². The molecule has 2 unspecified atom stereocenters. The Morgan fingerprint density at radius 1 is 1.36 bits per heavy atom. The van der Waals surface area contributed by atoms with E-state index >= 15 is 0 Å². The van der Waals surface area contributed by atoms with Gasteiger partial charge in [-0.3, -0.25) is 4.79 Å². The van der Waals surface area contributed by atoms with Crippen LogP contribution >= 0.6 is 0 Å². The highest BCUT2D eigenvalue weighted by atomic mass is 16.1. The predicted octanol–water partition coefficient (Wildman–Crippen LogP) is 1.44. The zero-order valence-electron chi connectivity index (χ0n) is 12.9. The number of benzene rings is 1. The number of piperidine rings is 1. The highest BCUT2D eigenvalue weighted by Gasteiger charge is 2.63. The van der Waals surface area contributed by atoms with E-state index in [0.29, 0.717) is 12.0 Å². The fourth-order valence-corrected chi connectivity index (χ4v) is 5.67. The van der Waals surface area contributed by atoms with Gasteiger partial charge in [-0.1, -0.05) is 24.3 Å². The van der Waals surface area contributed by atoms with Gasteiger partial charge in [0.1, 0.15) is 12.3 Å². The van der Waals surface area contributed by atoms with Crippen LogP contribution in [0.2, 0.25) is 0 Å². The van der Waals surface area contributed by atoms with E-state index in [9.17, 15) is 4.79 Å². The molecule has 0 amide bonds. The number of carbonyl (C=O) groups is 1. The van der Waals surface area contributed by atoms with Gasteiger partial charge in [-0.25, -0.2) is 0 Å². The Morgan fingerprint density at radius 2 is 2.23 bits per heavy atom. The summed E-state index contributed by atoms with van der Waals surface area (Å²) in [5.41, 5.74) is 6.40. The molecule has 2 bridgehead atoms. The molecule has 2 N–H and O–H groups in total. The van der Waals surface area contributed by atoms with Crippen molar-refractivity contribution in [3.05, 3.63) is 52.7 Å². The largest absolute Gasteiger partial charge is 0.357 e. The summed E-state index contributed by atoms with van der Waals surface area (Å²) in [7, 11) is 0. The number of hydrogen-bond donors (Lipinski definition) is 2.